The molecular formula is C27H36N4O7. The normalized spacial score (nSPS) is 34.1. The van der Waals surface area contributed by atoms with E-state index in [4.69, 9.17) is 5.73 Å². The number of carbonyl (C=O) groups is 3. The zero-order chi connectivity index (χ0) is 27.7. The quantitative estimate of drug-likeness (QED) is 0.223. The molecule has 0 bridgehead atoms. The van der Waals surface area contributed by atoms with Crippen LogP contribution in [0.2, 0.25) is 0 Å². The third kappa shape index (κ3) is 3.83. The number of rotatable bonds is 4. The number of ketones is 2. The Labute approximate surface area is 220 Å². The molecule has 0 spiro atoms. The molecule has 2 unspecified atom stereocenters. The highest BCUT2D eigenvalue weighted by molar-refractivity contribution is 6.25. The second-order valence-corrected chi connectivity index (χ2v) is 11.5. The van der Waals surface area contributed by atoms with Crippen LogP contribution in [-0.2, 0) is 20.8 Å². The minimum atomic E-state index is -2.65. The summed E-state index contributed by atoms with van der Waals surface area (Å²) in [4.78, 5) is 43.2. The number of likely N-dealkylation sites (tertiary alicyclic amines) is 1. The number of fused-ring (bicyclic) bond motifs is 3. The SMILES string of the molecule is CN1CCC(Nc2ccc3c(c2O)C(O)=C2C(=O)[C@@]4(O)C(=O)C(C(N)=O)C(O)[C@H](N(C)C)[C@H]4C[C@H]2C3)CC1. The van der Waals surface area contributed by atoms with E-state index in [0.717, 1.165) is 25.9 Å². The molecule has 1 heterocycles. The number of aliphatic hydroxyl groups excluding tert-OH is 2. The lowest BCUT2D eigenvalue weighted by Gasteiger charge is -2.53. The van der Waals surface area contributed by atoms with E-state index in [1.54, 1.807) is 31.1 Å². The van der Waals surface area contributed by atoms with Crippen molar-refractivity contribution in [3.8, 4) is 5.75 Å². The number of benzene rings is 1. The first-order valence-corrected chi connectivity index (χ1v) is 13.1. The molecule has 11 heteroatoms. The van der Waals surface area contributed by atoms with E-state index in [-0.39, 0.29) is 29.3 Å². The number of nitrogens with zero attached hydrogens (tertiary/aromatic N) is 2. The van der Waals surface area contributed by atoms with Gasteiger partial charge >= 0.3 is 0 Å². The average molecular weight is 529 g/mol. The largest absolute Gasteiger partial charge is 0.507 e. The fraction of sp³-hybridized carbons (Fsp3) is 0.593. The number of nitrogens with one attached hydrogen (secondary N) is 1. The summed E-state index contributed by atoms with van der Waals surface area (Å²) in [7, 11) is 5.31. The Kier molecular flexibility index (Phi) is 6.54. The van der Waals surface area contributed by atoms with E-state index in [9.17, 15) is 34.8 Å². The minimum absolute atomic E-state index is 0.100. The van der Waals surface area contributed by atoms with Crippen molar-refractivity contribution in [3.63, 3.8) is 0 Å². The van der Waals surface area contributed by atoms with Crippen LogP contribution in [0.4, 0.5) is 5.69 Å². The third-order valence-electron chi connectivity index (χ3n) is 9.04. The average Bonchev–Trinajstić information content (AvgIpc) is 2.84. The van der Waals surface area contributed by atoms with Crippen LogP contribution in [0.5, 0.6) is 5.75 Å². The number of likely N-dealkylation sites (N-methyl/N-ethyl adjacent to an activating group) is 1. The predicted octanol–water partition coefficient (Wildman–Crippen LogP) is -0.365. The highest BCUT2D eigenvalue weighted by Crippen LogP contribution is 2.52. The van der Waals surface area contributed by atoms with Crippen molar-refractivity contribution in [2.24, 2.45) is 23.5 Å². The van der Waals surface area contributed by atoms with Crippen LogP contribution in [0.3, 0.4) is 0 Å². The van der Waals surface area contributed by atoms with Gasteiger partial charge in [-0.15, -0.1) is 0 Å². The first-order valence-electron chi connectivity index (χ1n) is 13.1. The van der Waals surface area contributed by atoms with E-state index in [2.05, 4.69) is 17.3 Å². The number of amides is 1. The molecule has 5 rings (SSSR count). The van der Waals surface area contributed by atoms with Crippen LogP contribution in [0.25, 0.3) is 5.76 Å². The van der Waals surface area contributed by atoms with E-state index in [0.29, 0.717) is 17.7 Å². The summed E-state index contributed by atoms with van der Waals surface area (Å²) >= 11 is 0. The minimum Gasteiger partial charge on any atom is -0.507 e. The lowest BCUT2D eigenvalue weighted by Crippen LogP contribution is -2.73. The van der Waals surface area contributed by atoms with E-state index >= 15 is 0 Å². The van der Waals surface area contributed by atoms with Gasteiger partial charge in [0.15, 0.2) is 11.4 Å². The smallest absolute Gasteiger partial charge is 0.230 e. The molecule has 6 atom stereocenters. The van der Waals surface area contributed by atoms with Crippen LogP contribution in [-0.4, -0.2) is 106 Å². The molecule has 1 aromatic carbocycles. The lowest BCUT2D eigenvalue weighted by atomic mass is 9.54. The second-order valence-electron chi connectivity index (χ2n) is 11.5. The molecule has 206 valence electrons. The Balaban J connectivity index is 1.56. The van der Waals surface area contributed by atoms with Gasteiger partial charge in [0.05, 0.1) is 17.4 Å². The molecule has 0 aromatic heterocycles. The van der Waals surface area contributed by atoms with Gasteiger partial charge in [-0.3, -0.25) is 14.4 Å². The molecular weight excluding hydrogens is 492 g/mol. The maximum atomic E-state index is 13.9. The van der Waals surface area contributed by atoms with Crippen molar-refractivity contribution in [2.45, 2.75) is 49.5 Å². The van der Waals surface area contributed by atoms with Crippen molar-refractivity contribution in [2.75, 3.05) is 39.5 Å². The summed E-state index contributed by atoms with van der Waals surface area (Å²) in [6.45, 7) is 1.83. The molecule has 1 saturated heterocycles. The molecule has 7 N–H and O–H groups in total. The van der Waals surface area contributed by atoms with Gasteiger partial charge in [0.1, 0.15) is 17.4 Å². The number of phenolic OH excluding ortho intramolecular Hbond substituents is 1. The zero-order valence-corrected chi connectivity index (χ0v) is 21.8. The molecule has 1 aromatic rings. The molecule has 3 fully saturated rings. The van der Waals surface area contributed by atoms with Gasteiger partial charge in [-0.25, -0.2) is 0 Å². The van der Waals surface area contributed by atoms with Crippen LogP contribution < -0.4 is 11.1 Å². The highest BCUT2D eigenvalue weighted by Gasteiger charge is 2.67. The Morgan fingerprint density at radius 1 is 1.18 bits per heavy atom. The first kappa shape index (κ1) is 26.6. The number of anilines is 1. The second kappa shape index (κ2) is 9.33. The Bertz CT molecular complexity index is 1220. The molecule has 3 aliphatic carbocycles. The maximum Gasteiger partial charge on any atom is 0.230 e. The van der Waals surface area contributed by atoms with Crippen molar-refractivity contribution in [3.05, 3.63) is 28.8 Å². The number of piperidine rings is 1. The predicted molar refractivity (Wildman–Crippen MR) is 138 cm³/mol. The van der Waals surface area contributed by atoms with Gasteiger partial charge in [-0.05, 0) is 77.5 Å². The van der Waals surface area contributed by atoms with E-state index < -0.39 is 58.7 Å². The number of hydrogen-bond donors (Lipinski definition) is 6. The first-order chi connectivity index (χ1) is 17.9. The van der Waals surface area contributed by atoms with Gasteiger partial charge < -0.3 is 41.3 Å². The lowest BCUT2D eigenvalue weighted by molar-refractivity contribution is -0.184. The number of aromatic hydroxyl groups is 1. The van der Waals surface area contributed by atoms with Gasteiger partial charge in [0, 0.05) is 23.6 Å². The fourth-order valence-corrected chi connectivity index (χ4v) is 7.07. The molecule has 11 nitrogen and oxygen atoms in total. The maximum absolute atomic E-state index is 13.9. The third-order valence-corrected chi connectivity index (χ3v) is 9.04. The Hall–Kier alpha value is -2.99. The molecule has 0 radical (unpaired) electrons. The number of phenols is 1. The summed E-state index contributed by atoms with van der Waals surface area (Å²) < 4.78 is 0. The van der Waals surface area contributed by atoms with Gasteiger partial charge in [0.2, 0.25) is 11.7 Å². The molecule has 1 amide bonds. The summed E-state index contributed by atoms with van der Waals surface area (Å²) in [6, 6.07) is 2.80. The summed E-state index contributed by atoms with van der Waals surface area (Å²) in [5.41, 5.74) is 3.79. The monoisotopic (exact) mass is 528 g/mol. The number of nitrogens with two attached hydrogens (primary N) is 1. The summed E-state index contributed by atoms with van der Waals surface area (Å²) in [6.07, 6.45) is 0.669. The molecule has 4 aliphatic rings. The Morgan fingerprint density at radius 2 is 1.84 bits per heavy atom. The van der Waals surface area contributed by atoms with Crippen LogP contribution >= 0.6 is 0 Å². The highest BCUT2D eigenvalue weighted by atomic mass is 16.3. The summed E-state index contributed by atoms with van der Waals surface area (Å²) in [5, 5.41) is 48.5. The van der Waals surface area contributed by atoms with E-state index in [1.807, 2.05) is 0 Å². The van der Waals surface area contributed by atoms with Gasteiger partial charge in [0.25, 0.3) is 0 Å². The number of carbonyl (C=O) groups excluding carboxylic acids is 3. The van der Waals surface area contributed by atoms with Crippen LogP contribution in [0, 0.1) is 17.8 Å². The summed E-state index contributed by atoms with van der Waals surface area (Å²) in [5.74, 6) is -7.33. The van der Waals surface area contributed by atoms with Crippen LogP contribution in [0.15, 0.2) is 17.7 Å². The standard InChI is InChI=1S/C27H36N4O7/c1-30(2)20-15-11-13-10-12-4-5-16(29-14-6-8-31(3)9-7-14)21(32)17(12)22(33)18(13)24(35)27(15,38)25(36)19(23(20)34)26(28)37/h4-5,13-15,19-20,23,29,32-34,38H,6-11H2,1-3H3,(H2,28,37)/t13-,15-,19?,20-,23?,27-/m1/s1. The van der Waals surface area contributed by atoms with Gasteiger partial charge in [-0.2, -0.15) is 0 Å². The van der Waals surface area contributed by atoms with Gasteiger partial charge in [-0.1, -0.05) is 6.07 Å². The van der Waals surface area contributed by atoms with E-state index in [1.165, 1.54) is 0 Å². The number of primary amides is 1. The molecule has 38 heavy (non-hydrogen) atoms. The Morgan fingerprint density at radius 3 is 2.45 bits per heavy atom. The van der Waals surface area contributed by atoms with Crippen molar-refractivity contribution in [1.29, 1.82) is 0 Å². The van der Waals surface area contributed by atoms with Crippen molar-refractivity contribution in [1.82, 2.24) is 9.80 Å². The number of hydrogen-bond acceptors (Lipinski definition) is 10. The zero-order valence-electron chi connectivity index (χ0n) is 21.8. The topological polar surface area (TPSA) is 177 Å². The number of Topliss-reactive ketones (excluding diaryl/α,β-unsaturated/α-hetero) is 2. The molecule has 2 saturated carbocycles. The number of aliphatic hydroxyl groups is 3. The van der Waals surface area contributed by atoms with Crippen molar-refractivity contribution < 1.29 is 34.8 Å². The fourth-order valence-electron chi connectivity index (χ4n) is 7.07. The molecule has 1 aliphatic heterocycles. The van der Waals surface area contributed by atoms with Crippen molar-refractivity contribution >= 4 is 28.9 Å². The van der Waals surface area contributed by atoms with Crippen LogP contribution in [0.1, 0.15) is 30.4 Å².